The van der Waals surface area contributed by atoms with Crippen molar-refractivity contribution >= 4 is 0 Å². The summed E-state index contributed by atoms with van der Waals surface area (Å²) in [5, 5.41) is 3.82. The van der Waals surface area contributed by atoms with Gasteiger partial charge < -0.3 is 10.2 Å². The molecule has 1 atom stereocenters. The molecular weight excluding hydrogens is 280 g/mol. The van der Waals surface area contributed by atoms with E-state index < -0.39 is 0 Å². The van der Waals surface area contributed by atoms with Gasteiger partial charge >= 0.3 is 0 Å². The highest BCUT2D eigenvalue weighted by Gasteiger charge is 2.25. The van der Waals surface area contributed by atoms with E-state index >= 15 is 0 Å². The van der Waals surface area contributed by atoms with E-state index in [-0.39, 0.29) is 5.41 Å². The average Bonchev–Trinajstić information content (AvgIpc) is 3.33. The van der Waals surface area contributed by atoms with Crippen molar-refractivity contribution in [1.82, 2.24) is 10.2 Å². The Kier molecular flexibility index (Phi) is 5.43. The molecule has 2 fully saturated rings. The van der Waals surface area contributed by atoms with Gasteiger partial charge in [-0.15, -0.1) is 0 Å². The summed E-state index contributed by atoms with van der Waals surface area (Å²) in [4.78, 5) is 2.67. The van der Waals surface area contributed by atoms with Crippen molar-refractivity contribution in [2.24, 2.45) is 0 Å². The van der Waals surface area contributed by atoms with Crippen LogP contribution < -0.4 is 5.32 Å². The fraction of sp³-hybridized carbons (Fsp3) is 0.714. The van der Waals surface area contributed by atoms with E-state index in [0.29, 0.717) is 0 Å². The maximum Gasteiger partial charge on any atom is 0.00823 e. The van der Waals surface area contributed by atoms with E-state index in [4.69, 9.17) is 0 Å². The quantitative estimate of drug-likeness (QED) is 0.879. The second-order valence-corrected chi connectivity index (χ2v) is 8.61. The summed E-state index contributed by atoms with van der Waals surface area (Å²) in [5.41, 5.74) is 3.17. The maximum absolute atomic E-state index is 3.82. The molecule has 2 nitrogen and oxygen atoms in total. The van der Waals surface area contributed by atoms with E-state index in [2.05, 4.69) is 55.3 Å². The topological polar surface area (TPSA) is 15.3 Å². The van der Waals surface area contributed by atoms with E-state index in [1.807, 2.05) is 0 Å². The van der Waals surface area contributed by atoms with Crippen molar-refractivity contribution < 1.29 is 0 Å². The molecule has 1 aliphatic carbocycles. The van der Waals surface area contributed by atoms with Crippen LogP contribution in [0.25, 0.3) is 0 Å². The molecule has 2 heteroatoms. The first-order chi connectivity index (χ1) is 11.0. The zero-order chi connectivity index (χ0) is 16.3. The highest BCUT2D eigenvalue weighted by atomic mass is 15.1. The second-order valence-electron chi connectivity index (χ2n) is 8.61. The smallest absolute Gasteiger partial charge is 0.00823 e. The number of nitrogens with zero attached hydrogens (tertiary/aromatic N) is 1. The van der Waals surface area contributed by atoms with E-state index in [0.717, 1.165) is 12.1 Å². The summed E-state index contributed by atoms with van der Waals surface area (Å²) < 4.78 is 0. The van der Waals surface area contributed by atoms with Gasteiger partial charge in [0.25, 0.3) is 0 Å². The predicted octanol–water partition coefficient (Wildman–Crippen LogP) is 4.13. The number of benzene rings is 1. The van der Waals surface area contributed by atoms with Crippen LogP contribution in [0.2, 0.25) is 0 Å². The fourth-order valence-corrected chi connectivity index (χ4v) is 3.59. The largest absolute Gasteiger partial charge is 0.311 e. The summed E-state index contributed by atoms with van der Waals surface area (Å²) in [6, 6.07) is 10.9. The molecule has 1 unspecified atom stereocenters. The summed E-state index contributed by atoms with van der Waals surface area (Å²) in [6.45, 7) is 10.6. The standard InChI is InChI=1S/C21H34N2/c1-21(2,3)18-8-6-17(7-9-18)12-15-23-14-4-5-19(13-16-23)22-20-10-11-20/h6-9,19-20,22H,4-5,10-16H2,1-3H3. The molecule has 1 heterocycles. The molecule has 1 aromatic carbocycles. The minimum atomic E-state index is 0.257. The second kappa shape index (κ2) is 7.36. The summed E-state index contributed by atoms with van der Waals surface area (Å²) in [6.07, 6.45) is 8.06. The molecule has 128 valence electrons. The van der Waals surface area contributed by atoms with Crippen LogP contribution in [0, 0.1) is 0 Å². The third kappa shape index (κ3) is 5.32. The van der Waals surface area contributed by atoms with Crippen LogP contribution >= 0.6 is 0 Å². The van der Waals surface area contributed by atoms with E-state index in [9.17, 15) is 0 Å². The lowest BCUT2D eigenvalue weighted by atomic mass is 9.86. The van der Waals surface area contributed by atoms with Crippen molar-refractivity contribution in [3.8, 4) is 0 Å². The van der Waals surface area contributed by atoms with Crippen LogP contribution in [0.15, 0.2) is 24.3 Å². The monoisotopic (exact) mass is 314 g/mol. The molecule has 1 saturated carbocycles. The van der Waals surface area contributed by atoms with Gasteiger partial charge in [-0.3, -0.25) is 0 Å². The van der Waals surface area contributed by atoms with Crippen LogP contribution in [0.3, 0.4) is 0 Å². The van der Waals surface area contributed by atoms with Crippen LogP contribution in [-0.2, 0) is 11.8 Å². The average molecular weight is 315 g/mol. The lowest BCUT2D eigenvalue weighted by molar-refractivity contribution is 0.285. The van der Waals surface area contributed by atoms with E-state index in [1.165, 1.54) is 69.3 Å². The molecule has 0 bridgehead atoms. The normalized spacial score (nSPS) is 23.7. The minimum absolute atomic E-state index is 0.257. The van der Waals surface area contributed by atoms with Crippen LogP contribution in [0.4, 0.5) is 0 Å². The number of rotatable bonds is 5. The lowest BCUT2D eigenvalue weighted by Crippen LogP contribution is -2.32. The zero-order valence-electron chi connectivity index (χ0n) is 15.3. The Hall–Kier alpha value is -0.860. The van der Waals surface area contributed by atoms with Gasteiger partial charge in [0.05, 0.1) is 0 Å². The first-order valence-corrected chi connectivity index (χ1v) is 9.58. The van der Waals surface area contributed by atoms with Gasteiger partial charge in [0.15, 0.2) is 0 Å². The summed E-state index contributed by atoms with van der Waals surface area (Å²) in [5.74, 6) is 0. The van der Waals surface area contributed by atoms with Gasteiger partial charge in [0, 0.05) is 18.6 Å². The van der Waals surface area contributed by atoms with Gasteiger partial charge in [0.1, 0.15) is 0 Å². The number of hydrogen-bond acceptors (Lipinski definition) is 2. The Morgan fingerprint density at radius 1 is 0.957 bits per heavy atom. The summed E-state index contributed by atoms with van der Waals surface area (Å²) >= 11 is 0. The van der Waals surface area contributed by atoms with Gasteiger partial charge in [-0.05, 0) is 68.2 Å². The molecule has 1 aliphatic heterocycles. The Bertz CT molecular complexity index is 482. The molecule has 23 heavy (non-hydrogen) atoms. The van der Waals surface area contributed by atoms with Gasteiger partial charge in [-0.25, -0.2) is 0 Å². The SMILES string of the molecule is CC(C)(C)c1ccc(CCN2CCCC(NC3CC3)CC2)cc1. The van der Waals surface area contributed by atoms with Gasteiger partial charge in [0.2, 0.25) is 0 Å². The third-order valence-corrected chi connectivity index (χ3v) is 5.41. The molecule has 2 aliphatic rings. The molecule has 1 saturated heterocycles. The lowest BCUT2D eigenvalue weighted by Gasteiger charge is -2.21. The van der Waals surface area contributed by atoms with Crippen molar-refractivity contribution in [2.45, 2.75) is 76.8 Å². The molecule has 0 amide bonds. The van der Waals surface area contributed by atoms with Crippen LogP contribution in [0.5, 0.6) is 0 Å². The van der Waals surface area contributed by atoms with Crippen molar-refractivity contribution in [1.29, 1.82) is 0 Å². The number of nitrogens with one attached hydrogen (secondary N) is 1. The molecule has 1 N–H and O–H groups in total. The highest BCUT2D eigenvalue weighted by Crippen LogP contribution is 2.23. The Labute approximate surface area is 142 Å². The molecule has 1 aromatic rings. The van der Waals surface area contributed by atoms with Gasteiger partial charge in [-0.2, -0.15) is 0 Å². The highest BCUT2D eigenvalue weighted by molar-refractivity contribution is 5.27. The van der Waals surface area contributed by atoms with E-state index in [1.54, 1.807) is 0 Å². The third-order valence-electron chi connectivity index (χ3n) is 5.41. The number of likely N-dealkylation sites (tertiary alicyclic amines) is 1. The molecule has 0 aromatic heterocycles. The minimum Gasteiger partial charge on any atom is -0.311 e. The predicted molar refractivity (Wildman–Crippen MR) is 99.1 cm³/mol. The first kappa shape index (κ1) is 17.0. The Morgan fingerprint density at radius 2 is 1.65 bits per heavy atom. The van der Waals surface area contributed by atoms with Crippen LogP contribution in [0.1, 0.15) is 64.0 Å². The zero-order valence-corrected chi connectivity index (χ0v) is 15.3. The molecule has 0 radical (unpaired) electrons. The van der Waals surface area contributed by atoms with Crippen LogP contribution in [-0.4, -0.2) is 36.6 Å². The Balaban J connectivity index is 1.44. The van der Waals surface area contributed by atoms with Crippen molar-refractivity contribution in [3.05, 3.63) is 35.4 Å². The maximum atomic E-state index is 3.82. The molecule has 3 rings (SSSR count). The van der Waals surface area contributed by atoms with Crippen molar-refractivity contribution in [3.63, 3.8) is 0 Å². The fourth-order valence-electron chi connectivity index (χ4n) is 3.59. The first-order valence-electron chi connectivity index (χ1n) is 9.58. The van der Waals surface area contributed by atoms with Crippen molar-refractivity contribution in [2.75, 3.05) is 19.6 Å². The van der Waals surface area contributed by atoms with Gasteiger partial charge in [-0.1, -0.05) is 45.0 Å². The Morgan fingerprint density at radius 3 is 2.30 bits per heavy atom. The number of hydrogen-bond donors (Lipinski definition) is 1. The molecule has 0 spiro atoms. The summed E-state index contributed by atoms with van der Waals surface area (Å²) in [7, 11) is 0. The molecular formula is C21H34N2.